The van der Waals surface area contributed by atoms with Crippen LogP contribution in [-0.4, -0.2) is 31.7 Å². The van der Waals surface area contributed by atoms with Crippen molar-refractivity contribution in [3.8, 4) is 0 Å². The van der Waals surface area contributed by atoms with Gasteiger partial charge in [-0.3, -0.25) is 4.99 Å². The summed E-state index contributed by atoms with van der Waals surface area (Å²) in [5, 5.41) is -4.92. The van der Waals surface area contributed by atoms with Crippen molar-refractivity contribution in [1.82, 2.24) is 0 Å². The molecule has 0 spiro atoms. The van der Waals surface area contributed by atoms with Crippen molar-refractivity contribution in [3.63, 3.8) is 0 Å². The summed E-state index contributed by atoms with van der Waals surface area (Å²) < 4.78 is 53.9. The number of alkyl halides is 2. The smallest absolute Gasteiger partial charge is 0.285 e. The van der Waals surface area contributed by atoms with E-state index in [1.807, 2.05) is 0 Å². The van der Waals surface area contributed by atoms with Crippen molar-refractivity contribution in [2.75, 3.05) is 7.05 Å². The lowest BCUT2D eigenvalue weighted by atomic mass is 10.0. The Labute approximate surface area is 124 Å². The Morgan fingerprint density at radius 3 is 2.24 bits per heavy atom. The number of hydrogen-bond acceptors (Lipinski definition) is 3. The molecule has 6 heteroatoms. The molecular weight excluding hydrogens is 296 g/mol. The standard InChI is InChI=1S/C15H19F2NO2S/c1-18-14(12-8-4-2-5-9-12)15(16,17)21(19,20)13-10-6-3-7-11-13/h2,4-5,8-9,13H,3,6-7,10-11H2,1H3. The second-order valence-corrected chi connectivity index (χ2v) is 7.53. The van der Waals surface area contributed by atoms with Crippen molar-refractivity contribution in [3.05, 3.63) is 35.9 Å². The van der Waals surface area contributed by atoms with Gasteiger partial charge in [-0.05, 0) is 12.8 Å². The molecule has 2 rings (SSSR count). The van der Waals surface area contributed by atoms with E-state index in [1.54, 1.807) is 18.2 Å². The minimum Gasteiger partial charge on any atom is -0.285 e. The highest BCUT2D eigenvalue weighted by atomic mass is 32.2. The van der Waals surface area contributed by atoms with E-state index < -0.39 is 26.1 Å². The van der Waals surface area contributed by atoms with E-state index in [1.165, 1.54) is 19.2 Å². The predicted molar refractivity (Wildman–Crippen MR) is 79.6 cm³/mol. The molecule has 21 heavy (non-hydrogen) atoms. The molecule has 0 N–H and O–H groups in total. The van der Waals surface area contributed by atoms with Crippen LogP contribution in [0.25, 0.3) is 0 Å². The molecule has 1 aromatic carbocycles. The summed E-state index contributed by atoms with van der Waals surface area (Å²) in [5.74, 6) is 0. The second-order valence-electron chi connectivity index (χ2n) is 5.26. The van der Waals surface area contributed by atoms with Gasteiger partial charge in [0.2, 0.25) is 9.84 Å². The molecule has 0 unspecified atom stereocenters. The average molecular weight is 315 g/mol. The van der Waals surface area contributed by atoms with Crippen LogP contribution in [-0.2, 0) is 9.84 Å². The van der Waals surface area contributed by atoms with Gasteiger partial charge in [0, 0.05) is 12.6 Å². The number of aliphatic imine (C=N–C) groups is 1. The average Bonchev–Trinajstić information content (AvgIpc) is 2.49. The van der Waals surface area contributed by atoms with Crippen LogP contribution in [0.4, 0.5) is 8.78 Å². The zero-order valence-corrected chi connectivity index (χ0v) is 12.7. The number of benzene rings is 1. The maximum atomic E-state index is 14.6. The molecule has 0 aliphatic heterocycles. The second kappa shape index (κ2) is 6.22. The molecule has 3 nitrogen and oxygen atoms in total. The number of halogens is 2. The molecule has 1 saturated carbocycles. The normalized spacial score (nSPS) is 18.7. The zero-order valence-electron chi connectivity index (χ0n) is 11.9. The first-order valence-corrected chi connectivity index (χ1v) is 8.60. The van der Waals surface area contributed by atoms with E-state index in [2.05, 4.69) is 4.99 Å². The van der Waals surface area contributed by atoms with Crippen molar-refractivity contribution in [1.29, 1.82) is 0 Å². The monoisotopic (exact) mass is 315 g/mol. The number of rotatable bonds is 4. The van der Waals surface area contributed by atoms with Crippen LogP contribution in [0.5, 0.6) is 0 Å². The third kappa shape index (κ3) is 3.00. The van der Waals surface area contributed by atoms with Gasteiger partial charge in [0.05, 0.1) is 5.25 Å². The fourth-order valence-electron chi connectivity index (χ4n) is 2.74. The number of hydrogen-bond donors (Lipinski definition) is 0. The molecule has 1 aromatic rings. The Morgan fingerprint density at radius 1 is 1.14 bits per heavy atom. The molecule has 0 saturated heterocycles. The lowest BCUT2D eigenvalue weighted by Crippen LogP contribution is -2.45. The number of nitrogens with zero attached hydrogens (tertiary/aromatic N) is 1. The Balaban J connectivity index is 2.39. The molecule has 0 atom stereocenters. The van der Waals surface area contributed by atoms with Gasteiger partial charge in [0.15, 0.2) is 0 Å². The summed E-state index contributed by atoms with van der Waals surface area (Å²) in [6.07, 6.45) is 2.90. The summed E-state index contributed by atoms with van der Waals surface area (Å²) in [5.41, 5.74) is -0.530. The van der Waals surface area contributed by atoms with Crippen LogP contribution in [0.2, 0.25) is 0 Å². The summed E-state index contributed by atoms with van der Waals surface area (Å²) in [6.45, 7) is 0. The molecule has 0 radical (unpaired) electrons. The fourth-order valence-corrected chi connectivity index (χ4v) is 4.59. The molecule has 0 aromatic heterocycles. The van der Waals surface area contributed by atoms with Gasteiger partial charge in [0.25, 0.3) is 0 Å². The van der Waals surface area contributed by atoms with Crippen LogP contribution in [0.15, 0.2) is 35.3 Å². The molecule has 1 fully saturated rings. The van der Waals surface area contributed by atoms with Gasteiger partial charge >= 0.3 is 5.25 Å². The zero-order chi connectivity index (χ0) is 15.5. The Hall–Kier alpha value is -1.30. The summed E-state index contributed by atoms with van der Waals surface area (Å²) in [6, 6.07) is 7.76. The van der Waals surface area contributed by atoms with E-state index in [9.17, 15) is 17.2 Å². The Morgan fingerprint density at radius 2 is 1.71 bits per heavy atom. The van der Waals surface area contributed by atoms with Gasteiger partial charge in [-0.1, -0.05) is 49.6 Å². The van der Waals surface area contributed by atoms with Crippen LogP contribution in [0.3, 0.4) is 0 Å². The first-order chi connectivity index (χ1) is 9.91. The first-order valence-electron chi connectivity index (χ1n) is 7.05. The van der Waals surface area contributed by atoms with E-state index in [4.69, 9.17) is 0 Å². The molecule has 0 amide bonds. The highest BCUT2D eigenvalue weighted by molar-refractivity contribution is 7.93. The molecule has 0 heterocycles. The SMILES string of the molecule is CN=C(c1ccccc1)C(F)(F)S(=O)(=O)C1CCCCC1. The maximum absolute atomic E-state index is 14.6. The molecule has 116 valence electrons. The third-order valence-electron chi connectivity index (χ3n) is 3.89. The fraction of sp³-hybridized carbons (Fsp3) is 0.533. The van der Waals surface area contributed by atoms with Crippen LogP contribution in [0.1, 0.15) is 37.7 Å². The minimum absolute atomic E-state index is 0.143. The van der Waals surface area contributed by atoms with Crippen LogP contribution in [0, 0.1) is 0 Å². The van der Waals surface area contributed by atoms with E-state index >= 15 is 0 Å². The quantitative estimate of drug-likeness (QED) is 0.799. The van der Waals surface area contributed by atoms with E-state index in [0.717, 1.165) is 6.42 Å². The largest absolute Gasteiger partial charge is 0.387 e. The number of sulfone groups is 1. The van der Waals surface area contributed by atoms with Crippen LogP contribution >= 0.6 is 0 Å². The van der Waals surface area contributed by atoms with E-state index in [0.29, 0.717) is 25.7 Å². The molecule has 1 aliphatic rings. The lowest BCUT2D eigenvalue weighted by Gasteiger charge is -2.27. The Bertz CT molecular complexity index is 606. The van der Waals surface area contributed by atoms with Gasteiger partial charge < -0.3 is 0 Å². The summed E-state index contributed by atoms with van der Waals surface area (Å²) in [7, 11) is -3.38. The Kier molecular flexibility index (Phi) is 4.76. The molecular formula is C15H19F2NO2S. The summed E-state index contributed by atoms with van der Waals surface area (Å²) in [4.78, 5) is 3.58. The van der Waals surface area contributed by atoms with Crippen molar-refractivity contribution in [2.24, 2.45) is 4.99 Å². The first kappa shape index (κ1) is 16.1. The van der Waals surface area contributed by atoms with Gasteiger partial charge in [-0.25, -0.2) is 8.42 Å². The van der Waals surface area contributed by atoms with Crippen molar-refractivity contribution < 1.29 is 17.2 Å². The van der Waals surface area contributed by atoms with E-state index in [-0.39, 0.29) is 5.56 Å². The highest BCUT2D eigenvalue weighted by Crippen LogP contribution is 2.36. The maximum Gasteiger partial charge on any atom is 0.387 e. The van der Waals surface area contributed by atoms with Crippen molar-refractivity contribution >= 4 is 15.5 Å². The van der Waals surface area contributed by atoms with Crippen molar-refractivity contribution in [2.45, 2.75) is 42.6 Å². The van der Waals surface area contributed by atoms with Crippen LogP contribution < -0.4 is 0 Å². The van der Waals surface area contributed by atoms with Gasteiger partial charge in [0.1, 0.15) is 5.71 Å². The third-order valence-corrected chi connectivity index (χ3v) is 6.15. The highest BCUT2D eigenvalue weighted by Gasteiger charge is 2.53. The molecule has 1 aliphatic carbocycles. The van der Waals surface area contributed by atoms with Gasteiger partial charge in [-0.15, -0.1) is 0 Å². The molecule has 0 bridgehead atoms. The lowest BCUT2D eigenvalue weighted by molar-refractivity contribution is 0.166. The topological polar surface area (TPSA) is 46.5 Å². The summed E-state index contributed by atoms with van der Waals surface area (Å²) >= 11 is 0. The predicted octanol–water partition coefficient (Wildman–Crippen LogP) is 3.45. The minimum atomic E-state index is -4.59. The van der Waals surface area contributed by atoms with Gasteiger partial charge in [-0.2, -0.15) is 8.78 Å².